The number of nitrogens with zero attached hydrogens (tertiary/aromatic N) is 1. The van der Waals surface area contributed by atoms with Crippen LogP contribution in [-0.4, -0.2) is 46.2 Å². The van der Waals surface area contributed by atoms with E-state index in [4.69, 9.17) is 5.73 Å². The Balaban J connectivity index is 2.42. The summed E-state index contributed by atoms with van der Waals surface area (Å²) in [6.45, 7) is 0.440. The quantitative estimate of drug-likeness (QED) is 0.572. The zero-order valence-corrected chi connectivity index (χ0v) is 15.8. The number of carboxylic acids is 1. The molecule has 0 aliphatic carbocycles. The number of benzene rings is 2. The second-order valence-electron chi connectivity index (χ2n) is 6.32. The minimum absolute atomic E-state index is 0.0729. The Morgan fingerprint density at radius 3 is 2.42 bits per heavy atom. The van der Waals surface area contributed by atoms with Gasteiger partial charge in [0.2, 0.25) is 10.0 Å². The Kier molecular flexibility index (Phi) is 6.57. The van der Waals surface area contributed by atoms with Crippen molar-refractivity contribution < 1.29 is 18.3 Å². The van der Waals surface area contributed by atoms with E-state index >= 15 is 0 Å². The molecule has 142 valence electrons. The lowest BCUT2D eigenvalue weighted by Crippen LogP contribution is -2.40. The molecule has 0 heterocycles. The molecule has 1 unspecified atom stereocenters. The highest BCUT2D eigenvalue weighted by Gasteiger charge is 2.26. The van der Waals surface area contributed by atoms with Crippen LogP contribution in [0, 0.1) is 0 Å². The van der Waals surface area contributed by atoms with Gasteiger partial charge in [-0.3, -0.25) is 4.79 Å². The van der Waals surface area contributed by atoms with E-state index in [9.17, 15) is 18.3 Å². The number of rotatable bonds is 9. The van der Waals surface area contributed by atoms with Gasteiger partial charge in [0, 0.05) is 30.6 Å². The van der Waals surface area contributed by atoms with Crippen LogP contribution in [0.15, 0.2) is 41.3 Å². The van der Waals surface area contributed by atoms with Gasteiger partial charge in [0.15, 0.2) is 0 Å². The molecule has 0 aliphatic rings. The molecule has 2 aromatic rings. The third-order valence-electron chi connectivity index (χ3n) is 4.17. The number of nitrogens with two attached hydrogens (primary N) is 1. The highest BCUT2D eigenvalue weighted by molar-refractivity contribution is 7.89. The van der Waals surface area contributed by atoms with Gasteiger partial charge in [-0.05, 0) is 31.5 Å². The largest absolute Gasteiger partial charge is 0.480 e. The van der Waals surface area contributed by atoms with Crippen molar-refractivity contribution in [2.75, 3.05) is 25.5 Å². The fraction of sp³-hybridized carbons (Fsp3) is 0.389. The normalized spacial score (nSPS) is 12.9. The zero-order valence-electron chi connectivity index (χ0n) is 15.0. The van der Waals surface area contributed by atoms with E-state index in [2.05, 4.69) is 4.72 Å². The van der Waals surface area contributed by atoms with E-state index in [0.717, 1.165) is 11.1 Å². The molecule has 2 aromatic carbocycles. The molecule has 8 heteroatoms. The maximum absolute atomic E-state index is 12.9. The van der Waals surface area contributed by atoms with Crippen molar-refractivity contribution in [2.24, 2.45) is 5.73 Å². The molecule has 1 atom stereocenters. The Morgan fingerprint density at radius 1 is 1.15 bits per heavy atom. The lowest BCUT2D eigenvalue weighted by Gasteiger charge is -2.18. The number of aliphatic carboxylic acids is 1. The molecule has 0 radical (unpaired) electrons. The summed E-state index contributed by atoms with van der Waals surface area (Å²) in [5, 5.41) is 10.7. The van der Waals surface area contributed by atoms with Gasteiger partial charge in [-0.25, -0.2) is 8.42 Å². The topological polar surface area (TPSA) is 113 Å². The number of anilines is 1. The van der Waals surface area contributed by atoms with Gasteiger partial charge in [0.1, 0.15) is 6.04 Å². The van der Waals surface area contributed by atoms with Gasteiger partial charge in [-0.2, -0.15) is 4.72 Å². The molecule has 0 spiro atoms. The van der Waals surface area contributed by atoms with Crippen LogP contribution >= 0.6 is 0 Å². The average molecular weight is 379 g/mol. The summed E-state index contributed by atoms with van der Waals surface area (Å²) in [7, 11) is -0.229. The van der Waals surface area contributed by atoms with Crippen molar-refractivity contribution in [3.63, 3.8) is 0 Å². The summed E-state index contributed by atoms with van der Waals surface area (Å²) in [6.07, 6.45) is 1.38. The highest BCUT2D eigenvalue weighted by Crippen LogP contribution is 2.30. The molecular formula is C18H25N3O4S. The fourth-order valence-corrected chi connectivity index (χ4v) is 4.31. The van der Waals surface area contributed by atoms with Crippen LogP contribution in [0.25, 0.3) is 10.8 Å². The number of hydrogen-bond acceptors (Lipinski definition) is 5. The number of carbonyl (C=O) groups is 1. The molecule has 0 saturated heterocycles. The van der Waals surface area contributed by atoms with Gasteiger partial charge in [0.25, 0.3) is 0 Å². The molecule has 26 heavy (non-hydrogen) atoms. The van der Waals surface area contributed by atoms with Crippen LogP contribution in [0.1, 0.15) is 19.3 Å². The number of fused-ring (bicyclic) bond motifs is 1. The van der Waals surface area contributed by atoms with Gasteiger partial charge in [-0.15, -0.1) is 0 Å². The Labute approximate surface area is 153 Å². The van der Waals surface area contributed by atoms with Gasteiger partial charge < -0.3 is 15.7 Å². The molecule has 0 aromatic heterocycles. The van der Waals surface area contributed by atoms with Gasteiger partial charge >= 0.3 is 5.97 Å². The van der Waals surface area contributed by atoms with Crippen molar-refractivity contribution in [3.05, 3.63) is 36.4 Å². The van der Waals surface area contributed by atoms with Crippen molar-refractivity contribution in [1.82, 2.24) is 4.72 Å². The molecular weight excluding hydrogens is 354 g/mol. The van der Waals surface area contributed by atoms with E-state index in [1.165, 1.54) is 6.07 Å². The second-order valence-corrected chi connectivity index (χ2v) is 8.00. The van der Waals surface area contributed by atoms with E-state index in [-0.39, 0.29) is 11.3 Å². The van der Waals surface area contributed by atoms with Crippen molar-refractivity contribution in [3.8, 4) is 0 Å². The molecule has 2 rings (SSSR count). The third-order valence-corrected chi connectivity index (χ3v) is 5.70. The van der Waals surface area contributed by atoms with E-state index < -0.39 is 22.0 Å². The minimum Gasteiger partial charge on any atom is -0.480 e. The predicted molar refractivity (Wildman–Crippen MR) is 103 cm³/mol. The van der Waals surface area contributed by atoms with Gasteiger partial charge in [0.05, 0.1) is 4.90 Å². The Bertz CT molecular complexity index is 881. The molecule has 0 fully saturated rings. The first-order chi connectivity index (χ1) is 12.3. The molecule has 0 saturated carbocycles. The molecule has 7 nitrogen and oxygen atoms in total. The van der Waals surface area contributed by atoms with Crippen molar-refractivity contribution in [2.45, 2.75) is 30.2 Å². The van der Waals surface area contributed by atoms with E-state index in [1.54, 1.807) is 18.2 Å². The monoisotopic (exact) mass is 379 g/mol. The predicted octanol–water partition coefficient (Wildman–Crippen LogP) is 1.77. The zero-order chi connectivity index (χ0) is 19.3. The van der Waals surface area contributed by atoms with Crippen LogP contribution in [-0.2, 0) is 14.8 Å². The number of carboxylic acid groups (broad SMARTS) is 1. The Hall–Kier alpha value is -2.16. The maximum atomic E-state index is 12.9. The summed E-state index contributed by atoms with van der Waals surface area (Å²) in [5.41, 5.74) is 6.31. The van der Waals surface area contributed by atoms with Crippen LogP contribution in [0.4, 0.5) is 5.69 Å². The lowest BCUT2D eigenvalue weighted by molar-refractivity contribution is -0.139. The summed E-state index contributed by atoms with van der Waals surface area (Å²) in [6, 6.07) is 9.22. The summed E-state index contributed by atoms with van der Waals surface area (Å²) >= 11 is 0. The van der Waals surface area contributed by atoms with Crippen LogP contribution in [0.2, 0.25) is 0 Å². The van der Waals surface area contributed by atoms with E-state index in [0.29, 0.717) is 24.8 Å². The first kappa shape index (κ1) is 20.2. The van der Waals surface area contributed by atoms with Crippen molar-refractivity contribution in [1.29, 1.82) is 0 Å². The second kappa shape index (κ2) is 8.48. The van der Waals surface area contributed by atoms with E-state index in [1.807, 2.05) is 31.1 Å². The first-order valence-corrected chi connectivity index (χ1v) is 9.90. The van der Waals surface area contributed by atoms with Crippen LogP contribution < -0.4 is 15.4 Å². The number of unbranched alkanes of at least 4 members (excludes halogenated alkanes) is 1. The summed E-state index contributed by atoms with van der Waals surface area (Å²) in [5.74, 6) is -1.19. The standard InChI is InChI=1S/C18H25N3O4S/c1-21(2)16-10-5-8-14-13(16)7-6-11-17(14)26(24,25)20-15(18(22)23)9-3-4-12-19/h5-8,10-11,15,20H,3-4,9,12,19H2,1-2H3,(H,22,23). The highest BCUT2D eigenvalue weighted by atomic mass is 32.2. The summed E-state index contributed by atoms with van der Waals surface area (Å²) in [4.78, 5) is 13.4. The first-order valence-electron chi connectivity index (χ1n) is 8.42. The molecule has 4 N–H and O–H groups in total. The third kappa shape index (κ3) is 4.51. The molecule has 0 aliphatic heterocycles. The van der Waals surface area contributed by atoms with Crippen LogP contribution in [0.3, 0.4) is 0 Å². The van der Waals surface area contributed by atoms with Gasteiger partial charge in [-0.1, -0.05) is 30.7 Å². The molecule has 0 amide bonds. The lowest BCUT2D eigenvalue weighted by atomic mass is 10.1. The number of hydrogen-bond donors (Lipinski definition) is 3. The number of nitrogens with one attached hydrogen (secondary N) is 1. The minimum atomic E-state index is -3.99. The summed E-state index contributed by atoms with van der Waals surface area (Å²) < 4.78 is 28.1. The Morgan fingerprint density at radius 2 is 1.81 bits per heavy atom. The maximum Gasteiger partial charge on any atom is 0.321 e. The van der Waals surface area contributed by atoms with Crippen LogP contribution in [0.5, 0.6) is 0 Å². The SMILES string of the molecule is CN(C)c1cccc2c(S(=O)(=O)NC(CCCCN)C(=O)O)cccc12. The smallest absolute Gasteiger partial charge is 0.321 e. The fourth-order valence-electron chi connectivity index (χ4n) is 2.87. The average Bonchev–Trinajstić information content (AvgIpc) is 2.59. The molecule has 0 bridgehead atoms. The number of sulfonamides is 1. The van der Waals surface area contributed by atoms with Crippen molar-refractivity contribution >= 4 is 32.5 Å².